The Morgan fingerprint density at radius 3 is 2.75 bits per heavy atom. The van der Waals surface area contributed by atoms with Crippen molar-refractivity contribution in [1.29, 1.82) is 0 Å². The van der Waals surface area contributed by atoms with Crippen molar-refractivity contribution in [3.05, 3.63) is 18.3 Å². The summed E-state index contributed by atoms with van der Waals surface area (Å²) in [6.45, 7) is 7.62. The van der Waals surface area contributed by atoms with Gasteiger partial charge in [0.25, 0.3) is 0 Å². The van der Waals surface area contributed by atoms with E-state index in [0.29, 0.717) is 0 Å². The second-order valence-electron chi connectivity index (χ2n) is 3.78. The molecule has 1 saturated heterocycles. The molecule has 0 aromatic carbocycles. The van der Waals surface area contributed by atoms with Crippen molar-refractivity contribution in [3.8, 4) is 0 Å². The Morgan fingerprint density at radius 1 is 1.44 bits per heavy atom. The number of piperazine rings is 1. The van der Waals surface area contributed by atoms with E-state index < -0.39 is 0 Å². The van der Waals surface area contributed by atoms with Crippen LogP contribution in [-0.4, -0.2) is 44.9 Å². The molecule has 0 spiro atoms. The Morgan fingerprint density at radius 2 is 2.19 bits per heavy atom. The van der Waals surface area contributed by atoms with Crippen LogP contribution in [-0.2, 0) is 0 Å². The van der Waals surface area contributed by atoms with E-state index in [1.807, 2.05) is 19.3 Å². The molecule has 0 saturated carbocycles. The summed E-state index contributed by atoms with van der Waals surface area (Å²) in [6.07, 6.45) is 1.89. The smallest absolute Gasteiger partial charge is 0.148 e. The first-order valence-corrected chi connectivity index (χ1v) is 5.43. The van der Waals surface area contributed by atoms with Gasteiger partial charge in [0.15, 0.2) is 0 Å². The second kappa shape index (κ2) is 4.94. The Labute approximate surface area is 95.8 Å². The summed E-state index contributed by atoms with van der Waals surface area (Å²) < 4.78 is 0. The first kappa shape index (κ1) is 10.9. The fraction of sp³-hybridized carbons (Fsp3) is 0.455. The molecule has 5 heteroatoms. The van der Waals surface area contributed by atoms with E-state index >= 15 is 0 Å². The number of hydrogen-bond acceptors (Lipinski definition) is 5. The SMILES string of the molecule is C=NN(C)c1ccc(N2CCNCC2)cn1. The summed E-state index contributed by atoms with van der Waals surface area (Å²) in [4.78, 5) is 6.68. The maximum absolute atomic E-state index is 4.35. The van der Waals surface area contributed by atoms with E-state index in [-0.39, 0.29) is 0 Å². The van der Waals surface area contributed by atoms with Gasteiger partial charge in [-0.3, -0.25) is 5.01 Å². The Balaban J connectivity index is 2.08. The standard InChI is InChI=1S/C11H17N5/c1-12-15(2)11-4-3-10(9-14-11)16-7-5-13-6-8-16/h3-4,9,13H,1,5-8H2,2H3. The molecular formula is C11H17N5. The first-order chi connectivity index (χ1) is 7.81. The number of rotatable bonds is 3. The summed E-state index contributed by atoms with van der Waals surface area (Å²) in [7, 11) is 1.83. The molecule has 0 amide bonds. The molecule has 1 aromatic rings. The van der Waals surface area contributed by atoms with Gasteiger partial charge in [0.1, 0.15) is 5.82 Å². The van der Waals surface area contributed by atoms with Gasteiger partial charge in [-0.15, -0.1) is 0 Å². The zero-order chi connectivity index (χ0) is 11.4. The molecule has 0 atom stereocenters. The molecular weight excluding hydrogens is 202 g/mol. The highest BCUT2D eigenvalue weighted by Gasteiger charge is 2.10. The van der Waals surface area contributed by atoms with Gasteiger partial charge in [0.05, 0.1) is 11.9 Å². The molecule has 2 heterocycles. The van der Waals surface area contributed by atoms with Crippen molar-refractivity contribution in [2.24, 2.45) is 5.10 Å². The monoisotopic (exact) mass is 219 g/mol. The molecule has 86 valence electrons. The molecule has 1 aliphatic heterocycles. The lowest BCUT2D eigenvalue weighted by atomic mass is 10.3. The van der Waals surface area contributed by atoms with Crippen LogP contribution in [0.4, 0.5) is 11.5 Å². The molecule has 1 aliphatic rings. The quantitative estimate of drug-likeness (QED) is 0.595. The third-order valence-corrected chi connectivity index (χ3v) is 2.76. The van der Waals surface area contributed by atoms with E-state index in [9.17, 15) is 0 Å². The number of hydrogen-bond donors (Lipinski definition) is 1. The highest BCUT2D eigenvalue weighted by Crippen LogP contribution is 2.17. The minimum atomic E-state index is 0.814. The van der Waals surface area contributed by atoms with Crippen molar-refractivity contribution >= 4 is 18.2 Å². The number of hydrazone groups is 1. The molecule has 1 fully saturated rings. The van der Waals surface area contributed by atoms with Gasteiger partial charge in [-0.1, -0.05) is 0 Å². The van der Waals surface area contributed by atoms with Gasteiger partial charge < -0.3 is 10.2 Å². The van der Waals surface area contributed by atoms with Gasteiger partial charge in [0, 0.05) is 39.9 Å². The third-order valence-electron chi connectivity index (χ3n) is 2.76. The number of nitrogens with one attached hydrogen (secondary N) is 1. The lowest BCUT2D eigenvalue weighted by molar-refractivity contribution is 0.588. The van der Waals surface area contributed by atoms with Crippen LogP contribution < -0.4 is 15.2 Å². The zero-order valence-corrected chi connectivity index (χ0v) is 9.56. The minimum Gasteiger partial charge on any atom is -0.368 e. The van der Waals surface area contributed by atoms with E-state index in [0.717, 1.165) is 32.0 Å². The fourth-order valence-electron chi connectivity index (χ4n) is 1.75. The van der Waals surface area contributed by atoms with Gasteiger partial charge in [-0.05, 0) is 12.1 Å². The maximum Gasteiger partial charge on any atom is 0.148 e. The van der Waals surface area contributed by atoms with Crippen LogP contribution >= 0.6 is 0 Å². The van der Waals surface area contributed by atoms with E-state index in [1.165, 1.54) is 5.69 Å². The van der Waals surface area contributed by atoms with Crippen LogP contribution in [0.1, 0.15) is 0 Å². The molecule has 16 heavy (non-hydrogen) atoms. The number of nitrogens with zero attached hydrogens (tertiary/aromatic N) is 4. The molecule has 1 aromatic heterocycles. The third kappa shape index (κ3) is 2.30. The first-order valence-electron chi connectivity index (χ1n) is 5.43. The number of pyridine rings is 1. The van der Waals surface area contributed by atoms with Gasteiger partial charge in [-0.25, -0.2) is 4.98 Å². The largest absolute Gasteiger partial charge is 0.368 e. The van der Waals surface area contributed by atoms with Crippen molar-refractivity contribution in [3.63, 3.8) is 0 Å². The summed E-state index contributed by atoms with van der Waals surface area (Å²) in [5, 5.41) is 8.78. The second-order valence-corrected chi connectivity index (χ2v) is 3.78. The van der Waals surface area contributed by atoms with Crippen molar-refractivity contribution in [1.82, 2.24) is 10.3 Å². The van der Waals surface area contributed by atoms with Crippen LogP contribution in [0.5, 0.6) is 0 Å². The highest BCUT2D eigenvalue weighted by atomic mass is 15.4. The van der Waals surface area contributed by atoms with Crippen molar-refractivity contribution in [2.75, 3.05) is 43.1 Å². The fourth-order valence-corrected chi connectivity index (χ4v) is 1.75. The summed E-state index contributed by atoms with van der Waals surface area (Å²) in [5.41, 5.74) is 1.17. The summed E-state index contributed by atoms with van der Waals surface area (Å²) >= 11 is 0. The topological polar surface area (TPSA) is 43.8 Å². The van der Waals surface area contributed by atoms with E-state index in [2.05, 4.69) is 33.1 Å². The van der Waals surface area contributed by atoms with Gasteiger partial charge in [0.2, 0.25) is 0 Å². The molecule has 5 nitrogen and oxygen atoms in total. The predicted molar refractivity (Wildman–Crippen MR) is 67.3 cm³/mol. The average molecular weight is 219 g/mol. The highest BCUT2D eigenvalue weighted by molar-refractivity contribution is 5.50. The molecule has 1 N–H and O–H groups in total. The Kier molecular flexibility index (Phi) is 3.36. The molecule has 0 aliphatic carbocycles. The Hall–Kier alpha value is -1.62. The average Bonchev–Trinajstić information content (AvgIpc) is 2.39. The maximum atomic E-state index is 4.35. The van der Waals surface area contributed by atoms with E-state index in [4.69, 9.17) is 0 Å². The van der Waals surface area contributed by atoms with Crippen LogP contribution in [0.2, 0.25) is 0 Å². The lowest BCUT2D eigenvalue weighted by Crippen LogP contribution is -2.43. The van der Waals surface area contributed by atoms with Crippen LogP contribution in [0.15, 0.2) is 23.4 Å². The lowest BCUT2D eigenvalue weighted by Gasteiger charge is -2.29. The Bertz CT molecular complexity index is 342. The van der Waals surface area contributed by atoms with Gasteiger partial charge >= 0.3 is 0 Å². The normalized spacial score (nSPS) is 15.9. The van der Waals surface area contributed by atoms with Crippen LogP contribution in [0, 0.1) is 0 Å². The van der Waals surface area contributed by atoms with Gasteiger partial charge in [-0.2, -0.15) is 5.10 Å². The predicted octanol–water partition coefficient (Wildman–Crippen LogP) is 0.543. The molecule has 2 rings (SSSR count). The summed E-state index contributed by atoms with van der Waals surface area (Å²) in [5.74, 6) is 0.814. The van der Waals surface area contributed by atoms with Crippen molar-refractivity contribution in [2.45, 2.75) is 0 Å². The zero-order valence-electron chi connectivity index (χ0n) is 9.56. The molecule has 0 bridgehead atoms. The summed E-state index contributed by atoms with van der Waals surface area (Å²) in [6, 6.07) is 4.04. The van der Waals surface area contributed by atoms with Crippen LogP contribution in [0.25, 0.3) is 0 Å². The number of anilines is 2. The molecule has 0 radical (unpaired) electrons. The van der Waals surface area contributed by atoms with Crippen LogP contribution in [0.3, 0.4) is 0 Å². The van der Waals surface area contributed by atoms with Crippen molar-refractivity contribution < 1.29 is 0 Å². The number of aromatic nitrogens is 1. The molecule has 0 unspecified atom stereocenters. The minimum absolute atomic E-state index is 0.814. The van der Waals surface area contributed by atoms with E-state index in [1.54, 1.807) is 5.01 Å².